The number of ether oxygens (including phenoxy) is 1. The Kier molecular flexibility index (Phi) is 3.47. The fourth-order valence-corrected chi connectivity index (χ4v) is 2.01. The summed E-state index contributed by atoms with van der Waals surface area (Å²) in [5.41, 5.74) is 0. The zero-order valence-corrected chi connectivity index (χ0v) is 8.09. The highest BCUT2D eigenvalue weighted by atomic mass is 19.1. The van der Waals surface area contributed by atoms with Gasteiger partial charge in [0.05, 0.1) is 6.61 Å². The summed E-state index contributed by atoms with van der Waals surface area (Å²) in [6.07, 6.45) is 0.0282. The van der Waals surface area contributed by atoms with Crippen molar-refractivity contribution in [3.63, 3.8) is 0 Å². The van der Waals surface area contributed by atoms with Gasteiger partial charge in [-0.05, 0) is 19.4 Å². The molecule has 0 aromatic rings. The zero-order chi connectivity index (χ0) is 9.14. The summed E-state index contributed by atoms with van der Waals surface area (Å²) in [6.45, 7) is 3.42. The van der Waals surface area contributed by atoms with Crippen molar-refractivity contribution in [3.8, 4) is 0 Å². The first kappa shape index (κ1) is 9.93. The summed E-state index contributed by atoms with van der Waals surface area (Å²) >= 11 is 0. The molecule has 1 rings (SSSR count). The van der Waals surface area contributed by atoms with Crippen LogP contribution in [-0.2, 0) is 4.74 Å². The molecule has 3 atom stereocenters. The van der Waals surface area contributed by atoms with E-state index in [1.54, 1.807) is 7.11 Å². The largest absolute Gasteiger partial charge is 0.384 e. The molecule has 0 radical (unpaired) electrons. The lowest BCUT2D eigenvalue weighted by Crippen LogP contribution is -2.33. The van der Waals surface area contributed by atoms with Crippen molar-refractivity contribution >= 4 is 0 Å². The van der Waals surface area contributed by atoms with E-state index in [0.717, 1.165) is 6.61 Å². The van der Waals surface area contributed by atoms with Crippen molar-refractivity contribution in [2.24, 2.45) is 5.92 Å². The van der Waals surface area contributed by atoms with Crippen LogP contribution in [0.25, 0.3) is 0 Å². The van der Waals surface area contributed by atoms with Crippen molar-refractivity contribution in [1.29, 1.82) is 0 Å². The second-order valence-corrected chi connectivity index (χ2v) is 3.77. The highest BCUT2D eigenvalue weighted by Gasteiger charge is 2.32. The van der Waals surface area contributed by atoms with Crippen molar-refractivity contribution in [3.05, 3.63) is 0 Å². The number of rotatable bonds is 3. The average molecular weight is 175 g/mol. The number of methoxy groups -OCH3 is 1. The third kappa shape index (κ3) is 2.17. The Morgan fingerprint density at radius 2 is 2.33 bits per heavy atom. The molecule has 1 saturated heterocycles. The van der Waals surface area contributed by atoms with E-state index in [1.807, 2.05) is 7.05 Å². The summed E-state index contributed by atoms with van der Waals surface area (Å²) in [7, 11) is 3.68. The van der Waals surface area contributed by atoms with Gasteiger partial charge in [0.15, 0.2) is 0 Å². The Bertz CT molecular complexity index is 142. The minimum Gasteiger partial charge on any atom is -0.384 e. The summed E-state index contributed by atoms with van der Waals surface area (Å²) < 4.78 is 18.0. The maximum absolute atomic E-state index is 12.9. The number of nitrogens with zero attached hydrogens (tertiary/aromatic N) is 1. The van der Waals surface area contributed by atoms with Crippen LogP contribution in [-0.4, -0.2) is 44.4 Å². The van der Waals surface area contributed by atoms with Crippen LogP contribution in [0.2, 0.25) is 0 Å². The van der Waals surface area contributed by atoms with Gasteiger partial charge >= 0.3 is 0 Å². The quantitative estimate of drug-likeness (QED) is 0.641. The molecule has 0 spiro atoms. The van der Waals surface area contributed by atoms with Crippen LogP contribution in [0.5, 0.6) is 0 Å². The highest BCUT2D eigenvalue weighted by molar-refractivity contribution is 4.86. The lowest BCUT2D eigenvalue weighted by Gasteiger charge is -2.24. The smallest absolute Gasteiger partial charge is 0.114 e. The number of alkyl halides is 1. The van der Waals surface area contributed by atoms with Gasteiger partial charge in [0, 0.05) is 19.7 Å². The minimum absolute atomic E-state index is 0.361. The molecule has 72 valence electrons. The predicted octanol–water partition coefficient (Wildman–Crippen LogP) is 1.31. The van der Waals surface area contributed by atoms with Gasteiger partial charge in [-0.25, -0.2) is 4.39 Å². The van der Waals surface area contributed by atoms with Crippen molar-refractivity contribution in [1.82, 2.24) is 4.90 Å². The van der Waals surface area contributed by atoms with Gasteiger partial charge in [-0.3, -0.25) is 0 Å². The van der Waals surface area contributed by atoms with E-state index >= 15 is 0 Å². The second-order valence-electron chi connectivity index (χ2n) is 3.77. The van der Waals surface area contributed by atoms with Crippen LogP contribution >= 0.6 is 0 Å². The molecule has 0 bridgehead atoms. The van der Waals surface area contributed by atoms with Crippen molar-refractivity contribution < 1.29 is 9.13 Å². The van der Waals surface area contributed by atoms with E-state index in [9.17, 15) is 4.39 Å². The molecule has 1 aliphatic heterocycles. The third-order valence-electron chi connectivity index (χ3n) is 2.64. The average Bonchev–Trinajstić information content (AvgIpc) is 2.30. The number of halogens is 1. The molecule has 3 heteroatoms. The lowest BCUT2D eigenvalue weighted by molar-refractivity contribution is 0.113. The van der Waals surface area contributed by atoms with Gasteiger partial charge in [0.25, 0.3) is 0 Å². The Hall–Kier alpha value is -0.150. The molecule has 0 saturated carbocycles. The Balaban J connectivity index is 2.40. The summed E-state index contributed by atoms with van der Waals surface area (Å²) in [5, 5.41) is 0. The SMILES string of the molecule is COC[C@@H](C)C1C[C@@H](F)CN1C. The number of hydrogen-bond acceptors (Lipinski definition) is 2. The molecule has 2 nitrogen and oxygen atoms in total. The maximum atomic E-state index is 12.9. The van der Waals surface area contributed by atoms with Gasteiger partial charge in [-0.15, -0.1) is 0 Å². The molecule has 1 heterocycles. The van der Waals surface area contributed by atoms with Crippen LogP contribution in [0.4, 0.5) is 4.39 Å². The fourth-order valence-electron chi connectivity index (χ4n) is 2.01. The number of hydrogen-bond donors (Lipinski definition) is 0. The molecule has 0 aromatic carbocycles. The monoisotopic (exact) mass is 175 g/mol. The Morgan fingerprint density at radius 3 is 2.75 bits per heavy atom. The normalized spacial score (nSPS) is 34.0. The molecule has 1 unspecified atom stereocenters. The van der Waals surface area contributed by atoms with Gasteiger partial charge in [0.2, 0.25) is 0 Å². The molecular formula is C9H18FNO. The molecular weight excluding hydrogens is 157 g/mol. The summed E-state index contributed by atoms with van der Waals surface area (Å²) in [4.78, 5) is 2.09. The summed E-state index contributed by atoms with van der Waals surface area (Å²) in [5.74, 6) is 0.431. The first-order valence-corrected chi connectivity index (χ1v) is 4.48. The van der Waals surface area contributed by atoms with E-state index in [0.29, 0.717) is 24.9 Å². The van der Waals surface area contributed by atoms with Crippen LogP contribution in [0.15, 0.2) is 0 Å². The summed E-state index contributed by atoms with van der Waals surface area (Å²) in [6, 6.07) is 0.361. The van der Waals surface area contributed by atoms with Gasteiger partial charge < -0.3 is 9.64 Å². The number of likely N-dealkylation sites (tertiary alicyclic amines) is 1. The molecule has 0 amide bonds. The fraction of sp³-hybridized carbons (Fsp3) is 1.00. The molecule has 0 aromatic heterocycles. The molecule has 0 N–H and O–H groups in total. The van der Waals surface area contributed by atoms with E-state index in [4.69, 9.17) is 4.74 Å². The van der Waals surface area contributed by atoms with Crippen LogP contribution in [0, 0.1) is 5.92 Å². The van der Waals surface area contributed by atoms with Crippen molar-refractivity contribution in [2.75, 3.05) is 27.3 Å². The van der Waals surface area contributed by atoms with Crippen LogP contribution < -0.4 is 0 Å². The maximum Gasteiger partial charge on any atom is 0.114 e. The van der Waals surface area contributed by atoms with E-state index in [-0.39, 0.29) is 0 Å². The Morgan fingerprint density at radius 1 is 1.67 bits per heavy atom. The molecule has 0 aliphatic carbocycles. The van der Waals surface area contributed by atoms with Gasteiger partial charge in [-0.1, -0.05) is 6.92 Å². The van der Waals surface area contributed by atoms with Gasteiger partial charge in [0.1, 0.15) is 6.17 Å². The van der Waals surface area contributed by atoms with Crippen LogP contribution in [0.1, 0.15) is 13.3 Å². The van der Waals surface area contributed by atoms with Crippen molar-refractivity contribution in [2.45, 2.75) is 25.6 Å². The zero-order valence-electron chi connectivity index (χ0n) is 8.09. The van der Waals surface area contributed by atoms with E-state index in [1.165, 1.54) is 0 Å². The first-order chi connectivity index (χ1) is 5.65. The predicted molar refractivity (Wildman–Crippen MR) is 47.0 cm³/mol. The lowest BCUT2D eigenvalue weighted by atomic mass is 10.0. The van der Waals surface area contributed by atoms with E-state index in [2.05, 4.69) is 11.8 Å². The first-order valence-electron chi connectivity index (χ1n) is 4.48. The minimum atomic E-state index is -0.640. The second kappa shape index (κ2) is 4.19. The standard InChI is InChI=1S/C9H18FNO/c1-7(6-12-3)9-4-8(10)5-11(9)2/h7-9H,4-6H2,1-3H3/t7-,8-,9?/m1/s1. The third-order valence-corrected chi connectivity index (χ3v) is 2.64. The molecule has 1 aliphatic rings. The Labute approximate surface area is 73.7 Å². The topological polar surface area (TPSA) is 12.5 Å². The van der Waals surface area contributed by atoms with E-state index < -0.39 is 6.17 Å². The molecule has 1 fully saturated rings. The highest BCUT2D eigenvalue weighted by Crippen LogP contribution is 2.24. The molecule has 12 heavy (non-hydrogen) atoms. The van der Waals surface area contributed by atoms with Crippen LogP contribution in [0.3, 0.4) is 0 Å². The van der Waals surface area contributed by atoms with Gasteiger partial charge in [-0.2, -0.15) is 0 Å².